The molecule has 0 fully saturated rings. The summed E-state index contributed by atoms with van der Waals surface area (Å²) in [6.45, 7) is 0. The first-order chi connectivity index (χ1) is 14.0. The second-order valence-corrected chi connectivity index (χ2v) is 6.28. The number of ether oxygens (including phenoxy) is 2. The first-order valence-corrected chi connectivity index (χ1v) is 8.63. The number of hydrogen-bond donors (Lipinski definition) is 2. The minimum atomic E-state index is -1.24. The van der Waals surface area contributed by atoms with E-state index in [1.54, 1.807) is 36.4 Å². The zero-order valence-electron chi connectivity index (χ0n) is 15.5. The molecule has 9 nitrogen and oxygen atoms in total. The van der Waals surface area contributed by atoms with E-state index in [1.807, 2.05) is 0 Å². The molecule has 2 heterocycles. The Bertz CT molecular complexity index is 1230. The molecule has 1 aliphatic heterocycles. The molecule has 2 aromatic carbocycles. The monoisotopic (exact) mass is 396 g/mol. The fourth-order valence-electron chi connectivity index (χ4n) is 3.52. The molecule has 4 rings (SSSR count). The molecular weight excluding hydrogens is 380 g/mol. The molecule has 148 valence electrons. The molecule has 0 saturated carbocycles. The van der Waals surface area contributed by atoms with Crippen LogP contribution in [0.2, 0.25) is 0 Å². The minimum absolute atomic E-state index is 0.163. The van der Waals surface area contributed by atoms with Crippen LogP contribution in [0.4, 0.5) is 0 Å². The largest absolute Gasteiger partial charge is 0.507 e. The van der Waals surface area contributed by atoms with E-state index >= 15 is 0 Å². The van der Waals surface area contributed by atoms with E-state index in [1.165, 1.54) is 20.2 Å². The summed E-state index contributed by atoms with van der Waals surface area (Å²) < 4.78 is 16.3. The smallest absolute Gasteiger partial charge is 0.344 e. The van der Waals surface area contributed by atoms with Gasteiger partial charge in [0.2, 0.25) is 0 Å². The second-order valence-electron chi connectivity index (χ2n) is 6.28. The topological polar surface area (TPSA) is 124 Å². The summed E-state index contributed by atoms with van der Waals surface area (Å²) in [5.74, 6) is -1.25. The van der Waals surface area contributed by atoms with Gasteiger partial charge in [-0.15, -0.1) is 0 Å². The normalized spacial score (nSPS) is 15.6. The third kappa shape index (κ3) is 2.75. The predicted octanol–water partition coefficient (Wildman–Crippen LogP) is 2.70. The maximum Gasteiger partial charge on any atom is 0.344 e. The molecule has 1 unspecified atom stereocenters. The van der Waals surface area contributed by atoms with Crippen molar-refractivity contribution in [2.24, 2.45) is 0 Å². The molecule has 0 saturated heterocycles. The Balaban J connectivity index is 2.11. The summed E-state index contributed by atoms with van der Waals surface area (Å²) in [7, 11) is 2.89. The Morgan fingerprint density at radius 1 is 1.21 bits per heavy atom. The van der Waals surface area contributed by atoms with Crippen LogP contribution in [-0.2, 0) is 0 Å². The highest BCUT2D eigenvalue weighted by Gasteiger charge is 2.44. The van der Waals surface area contributed by atoms with Gasteiger partial charge < -0.3 is 24.3 Å². The van der Waals surface area contributed by atoms with Gasteiger partial charge in [0.1, 0.15) is 17.3 Å². The summed E-state index contributed by atoms with van der Waals surface area (Å²) in [5.41, 5.74) is -1.08. The molecule has 9 heteroatoms. The fraction of sp³-hybridized carbons (Fsp3) is 0.150. The van der Waals surface area contributed by atoms with Crippen LogP contribution in [0.25, 0.3) is 11.0 Å². The third-order valence-corrected chi connectivity index (χ3v) is 4.78. The van der Waals surface area contributed by atoms with Gasteiger partial charge in [-0.05, 0) is 18.2 Å². The molecule has 0 spiro atoms. The van der Waals surface area contributed by atoms with Crippen LogP contribution < -0.4 is 20.4 Å². The number of hydrogen-bond acceptors (Lipinski definition) is 8. The highest BCUT2D eigenvalue weighted by molar-refractivity contribution is 5.84. The number of benzene rings is 2. The Labute approximate surface area is 163 Å². The first-order valence-electron chi connectivity index (χ1n) is 8.63. The molecule has 1 atom stereocenters. The molecule has 1 aliphatic rings. The lowest BCUT2D eigenvalue weighted by Crippen LogP contribution is -2.30. The van der Waals surface area contributed by atoms with Crippen LogP contribution in [0.15, 0.2) is 63.3 Å². The number of para-hydroxylation sites is 2. The number of nitrogens with zero attached hydrogens (tertiary/aromatic N) is 1. The minimum Gasteiger partial charge on any atom is -0.507 e. The molecule has 0 radical (unpaired) electrons. The Morgan fingerprint density at radius 3 is 2.66 bits per heavy atom. The van der Waals surface area contributed by atoms with Gasteiger partial charge in [-0.1, -0.05) is 24.3 Å². The highest BCUT2D eigenvalue weighted by atomic mass is 16.6. The molecular formula is C20H16N2O7. The zero-order valence-corrected chi connectivity index (χ0v) is 15.5. The maximum atomic E-state index is 12.8. The van der Waals surface area contributed by atoms with Crippen molar-refractivity contribution in [2.45, 2.75) is 5.92 Å². The van der Waals surface area contributed by atoms with Gasteiger partial charge in [-0.25, -0.2) is 4.79 Å². The third-order valence-electron chi connectivity index (χ3n) is 4.78. The van der Waals surface area contributed by atoms with E-state index in [4.69, 9.17) is 13.9 Å². The van der Waals surface area contributed by atoms with Crippen molar-refractivity contribution in [3.63, 3.8) is 0 Å². The van der Waals surface area contributed by atoms with Crippen LogP contribution in [-0.4, -0.2) is 24.2 Å². The summed E-state index contributed by atoms with van der Waals surface area (Å²) in [6, 6.07) is 11.2. The van der Waals surface area contributed by atoms with E-state index in [2.05, 4.69) is 5.32 Å². The molecule has 2 N–H and O–H groups in total. The summed E-state index contributed by atoms with van der Waals surface area (Å²) in [6.07, 6.45) is 0. The van der Waals surface area contributed by atoms with Crippen molar-refractivity contribution in [1.82, 2.24) is 5.32 Å². The van der Waals surface area contributed by atoms with E-state index in [9.17, 15) is 20.0 Å². The number of allylic oxidation sites excluding steroid dienone is 1. The summed E-state index contributed by atoms with van der Waals surface area (Å²) >= 11 is 0. The molecule has 29 heavy (non-hydrogen) atoms. The van der Waals surface area contributed by atoms with E-state index in [0.29, 0.717) is 11.3 Å². The predicted molar refractivity (Wildman–Crippen MR) is 103 cm³/mol. The fourth-order valence-corrected chi connectivity index (χ4v) is 3.52. The van der Waals surface area contributed by atoms with Crippen molar-refractivity contribution in [3.05, 3.63) is 85.7 Å². The van der Waals surface area contributed by atoms with Crippen LogP contribution in [0.3, 0.4) is 0 Å². The van der Waals surface area contributed by atoms with Gasteiger partial charge in [0.05, 0.1) is 23.0 Å². The molecule has 0 amide bonds. The zero-order chi connectivity index (χ0) is 20.7. The molecule has 0 bridgehead atoms. The van der Waals surface area contributed by atoms with E-state index < -0.39 is 22.2 Å². The van der Waals surface area contributed by atoms with Crippen LogP contribution in [0.1, 0.15) is 17.0 Å². The van der Waals surface area contributed by atoms with Crippen molar-refractivity contribution in [3.8, 4) is 17.2 Å². The van der Waals surface area contributed by atoms with Gasteiger partial charge in [-0.3, -0.25) is 10.1 Å². The number of nitro groups is 1. The highest BCUT2D eigenvalue weighted by Crippen LogP contribution is 2.48. The van der Waals surface area contributed by atoms with Crippen LogP contribution >= 0.6 is 0 Å². The van der Waals surface area contributed by atoms with Crippen molar-refractivity contribution >= 4 is 11.0 Å². The lowest BCUT2D eigenvalue weighted by Gasteiger charge is -2.26. The van der Waals surface area contributed by atoms with Crippen LogP contribution in [0.5, 0.6) is 17.2 Å². The molecule has 0 aliphatic carbocycles. The second kappa shape index (κ2) is 6.86. The number of aromatic hydroxyl groups is 1. The van der Waals surface area contributed by atoms with Crippen molar-refractivity contribution in [1.29, 1.82) is 0 Å². The SMILES string of the molecule is CNC1=C([N+](=O)[O-])C(c2c(O)c3ccccc3oc2=O)c2cccc(OC)c2O1. The maximum absolute atomic E-state index is 12.8. The summed E-state index contributed by atoms with van der Waals surface area (Å²) in [5, 5.41) is 25.8. The van der Waals surface area contributed by atoms with Gasteiger partial charge >= 0.3 is 11.3 Å². The number of methoxy groups -OCH3 is 1. The van der Waals surface area contributed by atoms with Crippen molar-refractivity contribution < 1.29 is 23.9 Å². The van der Waals surface area contributed by atoms with Gasteiger partial charge in [-0.2, -0.15) is 0 Å². The van der Waals surface area contributed by atoms with Gasteiger partial charge in [0, 0.05) is 12.6 Å². The number of rotatable bonds is 4. The quantitative estimate of drug-likeness (QED) is 0.392. The summed E-state index contributed by atoms with van der Waals surface area (Å²) in [4.78, 5) is 24.1. The standard InChI is InChI=1S/C20H16N2O7/c1-21-19-16(22(25)26)14(11-7-5-9-13(27-2)18(11)29-19)15-17(23)10-6-3-4-8-12(10)28-20(15)24/h3-9,14,21,23H,1-2H3. The number of nitrogens with one attached hydrogen (secondary N) is 1. The van der Waals surface area contributed by atoms with Crippen molar-refractivity contribution in [2.75, 3.05) is 14.2 Å². The van der Waals surface area contributed by atoms with Crippen LogP contribution in [0, 0.1) is 10.1 Å². The average molecular weight is 396 g/mol. The van der Waals surface area contributed by atoms with E-state index in [0.717, 1.165) is 0 Å². The average Bonchev–Trinajstić information content (AvgIpc) is 2.72. The lowest BCUT2D eigenvalue weighted by molar-refractivity contribution is -0.433. The Hall–Kier alpha value is -4.01. The Kier molecular flexibility index (Phi) is 4.34. The molecule has 1 aromatic heterocycles. The lowest BCUT2D eigenvalue weighted by atomic mass is 9.86. The number of fused-ring (bicyclic) bond motifs is 2. The van der Waals surface area contributed by atoms with E-state index in [-0.39, 0.29) is 33.9 Å². The Morgan fingerprint density at radius 2 is 1.97 bits per heavy atom. The van der Waals surface area contributed by atoms with Gasteiger partial charge in [0.25, 0.3) is 5.88 Å². The molecule has 3 aromatic rings. The van der Waals surface area contributed by atoms with Gasteiger partial charge in [0.15, 0.2) is 11.5 Å². The first kappa shape index (κ1) is 18.4.